The van der Waals surface area contributed by atoms with Crippen molar-refractivity contribution in [2.24, 2.45) is 0 Å². The van der Waals surface area contributed by atoms with Gasteiger partial charge in [-0.15, -0.1) is 0 Å². The molecular weight excluding hydrogens is 464 g/mol. The zero-order valence-electron chi connectivity index (χ0n) is 18.9. The molecule has 0 spiro atoms. The van der Waals surface area contributed by atoms with E-state index in [-0.39, 0.29) is 12.0 Å². The minimum atomic E-state index is -0.912. The third-order valence-corrected chi connectivity index (χ3v) is 6.37. The summed E-state index contributed by atoms with van der Waals surface area (Å²) in [7, 11) is 1.62. The van der Waals surface area contributed by atoms with Crippen molar-refractivity contribution >= 4 is 23.4 Å². The van der Waals surface area contributed by atoms with Crippen LogP contribution in [-0.4, -0.2) is 60.1 Å². The molecule has 3 aromatic rings. The van der Waals surface area contributed by atoms with Crippen molar-refractivity contribution in [3.8, 4) is 5.69 Å². The molecule has 1 aliphatic rings. The van der Waals surface area contributed by atoms with Crippen LogP contribution in [0.4, 0.5) is 19.4 Å². The number of amides is 2. The fourth-order valence-corrected chi connectivity index (χ4v) is 4.36. The van der Waals surface area contributed by atoms with Gasteiger partial charge in [-0.2, -0.15) is 5.10 Å². The first-order valence-electron chi connectivity index (χ1n) is 10.9. The number of hydrogen-bond donors (Lipinski definition) is 2. The lowest BCUT2D eigenvalue weighted by atomic mass is 9.94. The smallest absolute Gasteiger partial charge is 0.320 e. The number of rotatable bonds is 7. The Labute approximate surface area is 201 Å². The summed E-state index contributed by atoms with van der Waals surface area (Å²) in [5.41, 5.74) is 1.94. The predicted molar refractivity (Wildman–Crippen MR) is 127 cm³/mol. The second kappa shape index (κ2) is 10.5. The van der Waals surface area contributed by atoms with E-state index in [0.29, 0.717) is 48.3 Å². The molecule has 0 aliphatic carbocycles. The molecule has 1 aliphatic heterocycles. The lowest BCUT2D eigenvalue weighted by Crippen LogP contribution is -2.42. The molecule has 2 heterocycles. The molecule has 1 aromatic heterocycles. The van der Waals surface area contributed by atoms with Crippen LogP contribution in [0.2, 0.25) is 5.02 Å². The molecule has 0 saturated carbocycles. The van der Waals surface area contributed by atoms with E-state index in [2.05, 4.69) is 20.6 Å². The summed E-state index contributed by atoms with van der Waals surface area (Å²) < 4.78 is 34.2. The Kier molecular flexibility index (Phi) is 7.45. The quantitative estimate of drug-likeness (QED) is 0.517. The van der Waals surface area contributed by atoms with Gasteiger partial charge < -0.3 is 10.1 Å². The number of carbonyl (C=O) groups excluding carboxylic acids is 1. The molecule has 2 aromatic carbocycles. The average Bonchev–Trinajstić information content (AvgIpc) is 3.35. The van der Waals surface area contributed by atoms with Gasteiger partial charge in [0.15, 0.2) is 17.5 Å². The van der Waals surface area contributed by atoms with E-state index in [4.69, 9.17) is 16.3 Å². The van der Waals surface area contributed by atoms with Crippen molar-refractivity contribution in [3.05, 3.63) is 76.4 Å². The third-order valence-electron chi connectivity index (χ3n) is 5.92. The van der Waals surface area contributed by atoms with Gasteiger partial charge in [0.2, 0.25) is 0 Å². The maximum atomic E-state index is 13.9. The number of urea groups is 1. The highest BCUT2D eigenvalue weighted by Crippen LogP contribution is 2.30. The van der Waals surface area contributed by atoms with E-state index in [9.17, 15) is 13.6 Å². The van der Waals surface area contributed by atoms with Gasteiger partial charge in [0.1, 0.15) is 5.02 Å². The Hall–Kier alpha value is -3.01. The molecule has 2 atom stereocenters. The summed E-state index contributed by atoms with van der Waals surface area (Å²) in [6, 6.07) is 12.4. The van der Waals surface area contributed by atoms with Gasteiger partial charge in [-0.05, 0) is 36.8 Å². The van der Waals surface area contributed by atoms with Gasteiger partial charge in [-0.25, -0.2) is 18.3 Å². The van der Waals surface area contributed by atoms with Crippen molar-refractivity contribution in [2.45, 2.75) is 18.9 Å². The summed E-state index contributed by atoms with van der Waals surface area (Å²) in [5.74, 6) is -1.69. The number of methoxy groups -OCH3 is 1. The normalized spacial score (nSPS) is 18.3. The van der Waals surface area contributed by atoms with Crippen molar-refractivity contribution in [2.75, 3.05) is 38.7 Å². The molecule has 10 heteroatoms. The van der Waals surface area contributed by atoms with Crippen molar-refractivity contribution < 1.29 is 18.3 Å². The molecule has 2 N–H and O–H groups in total. The zero-order valence-corrected chi connectivity index (χ0v) is 19.6. The molecular formula is C24H26ClF2N5O2. The maximum absolute atomic E-state index is 13.9. The Morgan fingerprint density at radius 2 is 1.94 bits per heavy atom. The first-order valence-corrected chi connectivity index (χ1v) is 11.3. The lowest BCUT2D eigenvalue weighted by Gasteiger charge is -2.21. The van der Waals surface area contributed by atoms with E-state index >= 15 is 0 Å². The Balaban J connectivity index is 1.54. The number of anilines is 1. The second-order valence-electron chi connectivity index (χ2n) is 8.23. The topological polar surface area (TPSA) is 71.4 Å². The van der Waals surface area contributed by atoms with Crippen LogP contribution in [-0.2, 0) is 4.74 Å². The lowest BCUT2D eigenvalue weighted by molar-refractivity contribution is 0.159. The molecule has 34 heavy (non-hydrogen) atoms. The minimum absolute atomic E-state index is 0.228. The molecule has 1 saturated heterocycles. The minimum Gasteiger partial charge on any atom is -0.383 e. The van der Waals surface area contributed by atoms with Crippen LogP contribution < -0.4 is 10.6 Å². The number of hydrogen-bond acceptors (Lipinski definition) is 4. The van der Waals surface area contributed by atoms with Crippen molar-refractivity contribution in [1.29, 1.82) is 0 Å². The Bertz CT molecular complexity index is 1160. The largest absolute Gasteiger partial charge is 0.383 e. The number of para-hydroxylation sites is 1. The van der Waals surface area contributed by atoms with E-state index in [1.807, 2.05) is 30.3 Å². The van der Waals surface area contributed by atoms with E-state index in [1.54, 1.807) is 24.8 Å². The Morgan fingerprint density at radius 3 is 2.65 bits per heavy atom. The number of aryl methyl sites for hydroxylation is 1. The molecule has 2 amide bonds. The van der Waals surface area contributed by atoms with Gasteiger partial charge in [0, 0.05) is 32.7 Å². The van der Waals surface area contributed by atoms with Crippen LogP contribution in [0, 0.1) is 18.6 Å². The SMILES string of the molecule is COCCN1CC(NC(=O)Nc2c(Cl)c(C)nn2-c2ccccc2)C(c2ccc(F)c(F)c2)C1. The van der Waals surface area contributed by atoms with Crippen LogP contribution in [0.1, 0.15) is 17.2 Å². The summed E-state index contributed by atoms with van der Waals surface area (Å²) in [6.07, 6.45) is 0. The molecule has 7 nitrogen and oxygen atoms in total. The maximum Gasteiger partial charge on any atom is 0.320 e. The number of halogens is 3. The monoisotopic (exact) mass is 489 g/mol. The highest BCUT2D eigenvalue weighted by atomic mass is 35.5. The number of nitrogens with zero attached hydrogens (tertiary/aromatic N) is 3. The highest BCUT2D eigenvalue weighted by molar-refractivity contribution is 6.34. The zero-order chi connectivity index (χ0) is 24.2. The number of ether oxygens (including phenoxy) is 1. The first kappa shape index (κ1) is 24.1. The van der Waals surface area contributed by atoms with Crippen molar-refractivity contribution in [3.63, 3.8) is 0 Å². The number of nitrogens with one attached hydrogen (secondary N) is 2. The molecule has 0 bridgehead atoms. The third kappa shape index (κ3) is 5.22. The standard InChI is InChI=1S/C24H26ClF2N5O2/c1-15-22(25)23(32(30-15)17-6-4-3-5-7-17)29-24(33)28-21-14-31(10-11-34-2)13-18(21)16-8-9-19(26)20(27)12-16/h3-9,12,18,21H,10-11,13-14H2,1-2H3,(H2,28,29,33). The van der Waals surface area contributed by atoms with E-state index < -0.39 is 17.7 Å². The summed E-state index contributed by atoms with van der Waals surface area (Å²) >= 11 is 6.44. The van der Waals surface area contributed by atoms with Crippen LogP contribution >= 0.6 is 11.6 Å². The van der Waals surface area contributed by atoms with Gasteiger partial charge in [0.25, 0.3) is 0 Å². The summed E-state index contributed by atoms with van der Waals surface area (Å²) in [4.78, 5) is 15.1. The Morgan fingerprint density at radius 1 is 1.18 bits per heavy atom. The van der Waals surface area contributed by atoms with E-state index in [0.717, 1.165) is 11.8 Å². The number of aromatic nitrogens is 2. The predicted octanol–water partition coefficient (Wildman–Crippen LogP) is 4.35. The first-order chi connectivity index (χ1) is 16.4. The number of likely N-dealkylation sites (tertiary alicyclic amines) is 1. The molecule has 2 unspecified atom stereocenters. The van der Waals surface area contributed by atoms with Crippen molar-refractivity contribution in [1.82, 2.24) is 20.0 Å². The summed E-state index contributed by atoms with van der Waals surface area (Å²) in [5, 5.41) is 10.6. The molecule has 4 rings (SSSR count). The highest BCUT2D eigenvalue weighted by Gasteiger charge is 2.35. The second-order valence-corrected chi connectivity index (χ2v) is 8.61. The van der Waals surface area contributed by atoms with Crippen LogP contribution in [0.15, 0.2) is 48.5 Å². The number of carbonyl (C=O) groups is 1. The van der Waals surface area contributed by atoms with Crippen LogP contribution in [0.3, 0.4) is 0 Å². The number of benzene rings is 2. The molecule has 0 radical (unpaired) electrons. The molecule has 1 fully saturated rings. The van der Waals surface area contributed by atoms with Gasteiger partial charge in [-0.1, -0.05) is 35.9 Å². The van der Waals surface area contributed by atoms with Crippen LogP contribution in [0.25, 0.3) is 5.69 Å². The summed E-state index contributed by atoms with van der Waals surface area (Å²) in [6.45, 7) is 4.04. The fraction of sp³-hybridized carbons (Fsp3) is 0.333. The fourth-order valence-electron chi connectivity index (χ4n) is 4.20. The average molecular weight is 490 g/mol. The molecule has 180 valence electrons. The van der Waals surface area contributed by atoms with E-state index in [1.165, 1.54) is 6.07 Å². The van der Waals surface area contributed by atoms with Gasteiger partial charge in [-0.3, -0.25) is 10.2 Å². The van der Waals surface area contributed by atoms with Crippen LogP contribution in [0.5, 0.6) is 0 Å². The van der Waals surface area contributed by atoms with Gasteiger partial charge >= 0.3 is 6.03 Å². The van der Waals surface area contributed by atoms with Gasteiger partial charge in [0.05, 0.1) is 24.0 Å².